The Hall–Kier alpha value is -1.22. The highest BCUT2D eigenvalue weighted by molar-refractivity contribution is 7.09. The summed E-state index contributed by atoms with van der Waals surface area (Å²) in [6.07, 6.45) is 4.58. The number of halogens is 2. The number of thiazole rings is 1. The lowest BCUT2D eigenvalue weighted by Gasteiger charge is -2.23. The van der Waals surface area contributed by atoms with Crippen LogP contribution in [0.3, 0.4) is 0 Å². The second-order valence-corrected chi connectivity index (χ2v) is 6.68. The fourth-order valence-corrected chi connectivity index (χ4v) is 3.69. The SMILES string of the molecule is CCC(NC(=O)c1nnn(C2CCNCC2)c1C)c1nccs1.Cl.Cl. The Morgan fingerprint density at radius 3 is 2.76 bits per heavy atom. The van der Waals surface area contributed by atoms with Gasteiger partial charge in [0, 0.05) is 11.6 Å². The summed E-state index contributed by atoms with van der Waals surface area (Å²) in [5.41, 5.74) is 1.25. The van der Waals surface area contributed by atoms with Gasteiger partial charge in [0.25, 0.3) is 5.91 Å². The van der Waals surface area contributed by atoms with Crippen LogP contribution < -0.4 is 10.6 Å². The molecule has 7 nitrogen and oxygen atoms in total. The quantitative estimate of drug-likeness (QED) is 0.796. The molecule has 1 aliphatic rings. The predicted octanol–water partition coefficient (Wildman–Crippen LogP) is 2.69. The van der Waals surface area contributed by atoms with Crippen molar-refractivity contribution in [1.82, 2.24) is 30.6 Å². The molecule has 1 amide bonds. The number of nitrogens with one attached hydrogen (secondary N) is 2. The minimum Gasteiger partial charge on any atom is -0.341 e. The Kier molecular flexibility index (Phi) is 8.78. The zero-order chi connectivity index (χ0) is 16.2. The van der Waals surface area contributed by atoms with Crippen molar-refractivity contribution in [2.24, 2.45) is 0 Å². The number of aromatic nitrogens is 4. The van der Waals surface area contributed by atoms with Crippen LogP contribution in [-0.4, -0.2) is 39.0 Å². The first kappa shape index (κ1) is 21.8. The maximum Gasteiger partial charge on any atom is 0.274 e. The van der Waals surface area contributed by atoms with Crippen molar-refractivity contribution in [3.63, 3.8) is 0 Å². The first-order chi connectivity index (χ1) is 11.2. The monoisotopic (exact) mass is 406 g/mol. The fourth-order valence-electron chi connectivity index (χ4n) is 2.92. The summed E-state index contributed by atoms with van der Waals surface area (Å²) in [6.45, 7) is 5.91. The summed E-state index contributed by atoms with van der Waals surface area (Å²) in [4.78, 5) is 16.9. The highest BCUT2D eigenvalue weighted by Crippen LogP contribution is 2.22. The van der Waals surface area contributed by atoms with E-state index < -0.39 is 0 Å². The summed E-state index contributed by atoms with van der Waals surface area (Å²) >= 11 is 1.55. The number of nitrogens with zero attached hydrogens (tertiary/aromatic N) is 4. The lowest BCUT2D eigenvalue weighted by molar-refractivity contribution is 0.0929. The number of hydrogen-bond donors (Lipinski definition) is 2. The average Bonchev–Trinajstić information content (AvgIpc) is 3.23. The van der Waals surface area contributed by atoms with Gasteiger partial charge in [-0.25, -0.2) is 9.67 Å². The van der Waals surface area contributed by atoms with E-state index >= 15 is 0 Å². The van der Waals surface area contributed by atoms with Crippen molar-refractivity contribution in [2.45, 2.75) is 45.2 Å². The van der Waals surface area contributed by atoms with Gasteiger partial charge in [0.1, 0.15) is 5.01 Å². The highest BCUT2D eigenvalue weighted by Gasteiger charge is 2.24. The molecule has 1 atom stereocenters. The maximum atomic E-state index is 12.6. The molecule has 3 rings (SSSR count). The molecule has 0 radical (unpaired) electrons. The standard InChI is InChI=1S/C15H22N6OS.2ClH/c1-3-12(15-17-8-9-23-15)18-14(22)13-10(2)21(20-19-13)11-4-6-16-7-5-11;;/h8-9,11-12,16H,3-7H2,1-2H3,(H,18,22);2*1H. The summed E-state index contributed by atoms with van der Waals surface area (Å²) in [5, 5.41) is 17.5. The number of carbonyl (C=O) groups excluding carboxylic acids is 1. The van der Waals surface area contributed by atoms with Gasteiger partial charge in [0.15, 0.2) is 5.69 Å². The molecule has 1 fully saturated rings. The molecule has 1 unspecified atom stereocenters. The molecule has 10 heteroatoms. The second kappa shape index (κ2) is 10.1. The van der Waals surface area contributed by atoms with E-state index in [9.17, 15) is 4.79 Å². The smallest absolute Gasteiger partial charge is 0.274 e. The topological polar surface area (TPSA) is 84.7 Å². The van der Waals surface area contributed by atoms with Gasteiger partial charge in [-0.05, 0) is 39.3 Å². The van der Waals surface area contributed by atoms with E-state index in [0.717, 1.165) is 43.1 Å². The van der Waals surface area contributed by atoms with Crippen molar-refractivity contribution < 1.29 is 4.79 Å². The molecule has 0 bridgehead atoms. The molecule has 2 aromatic rings. The van der Waals surface area contributed by atoms with Crippen LogP contribution in [0, 0.1) is 6.92 Å². The first-order valence-electron chi connectivity index (χ1n) is 8.03. The lowest BCUT2D eigenvalue weighted by Crippen LogP contribution is -2.31. The molecule has 140 valence electrons. The molecule has 0 spiro atoms. The van der Waals surface area contributed by atoms with Gasteiger partial charge >= 0.3 is 0 Å². The van der Waals surface area contributed by atoms with Gasteiger partial charge in [-0.15, -0.1) is 41.2 Å². The van der Waals surface area contributed by atoms with Gasteiger partial charge in [0.05, 0.1) is 17.8 Å². The third kappa shape index (κ3) is 4.91. The van der Waals surface area contributed by atoms with Crippen molar-refractivity contribution in [3.05, 3.63) is 28.0 Å². The largest absolute Gasteiger partial charge is 0.341 e. The van der Waals surface area contributed by atoms with Crippen LogP contribution in [0.5, 0.6) is 0 Å². The lowest BCUT2D eigenvalue weighted by atomic mass is 10.1. The van der Waals surface area contributed by atoms with Crippen molar-refractivity contribution in [1.29, 1.82) is 0 Å². The van der Waals surface area contributed by atoms with Gasteiger partial charge in [-0.3, -0.25) is 4.79 Å². The van der Waals surface area contributed by atoms with E-state index in [1.54, 1.807) is 17.5 Å². The molecule has 1 saturated heterocycles. The molecule has 3 heterocycles. The molecule has 2 aromatic heterocycles. The first-order valence-corrected chi connectivity index (χ1v) is 8.91. The van der Waals surface area contributed by atoms with E-state index in [2.05, 4.69) is 25.9 Å². The van der Waals surface area contributed by atoms with Crippen LogP contribution in [-0.2, 0) is 0 Å². The molecular weight excluding hydrogens is 383 g/mol. The van der Waals surface area contributed by atoms with E-state index in [4.69, 9.17) is 0 Å². The van der Waals surface area contributed by atoms with Gasteiger partial charge < -0.3 is 10.6 Å². The number of piperidine rings is 1. The Morgan fingerprint density at radius 1 is 1.44 bits per heavy atom. The second-order valence-electron chi connectivity index (χ2n) is 5.75. The molecule has 1 aliphatic heterocycles. The van der Waals surface area contributed by atoms with Crippen LogP contribution in [0.2, 0.25) is 0 Å². The number of rotatable bonds is 5. The van der Waals surface area contributed by atoms with Crippen LogP contribution in [0.25, 0.3) is 0 Å². The Balaban J connectivity index is 0.00000156. The predicted molar refractivity (Wildman–Crippen MR) is 103 cm³/mol. The van der Waals surface area contributed by atoms with Gasteiger partial charge in [-0.1, -0.05) is 12.1 Å². The molecule has 0 aromatic carbocycles. The maximum absolute atomic E-state index is 12.6. The Morgan fingerprint density at radius 2 is 2.16 bits per heavy atom. The van der Waals surface area contributed by atoms with Crippen molar-refractivity contribution in [3.8, 4) is 0 Å². The number of carbonyl (C=O) groups is 1. The number of hydrogen-bond acceptors (Lipinski definition) is 6. The van der Waals surface area contributed by atoms with Crippen LogP contribution >= 0.6 is 36.2 Å². The summed E-state index contributed by atoms with van der Waals surface area (Å²) in [6, 6.07) is 0.247. The summed E-state index contributed by atoms with van der Waals surface area (Å²) in [7, 11) is 0. The molecule has 0 aliphatic carbocycles. The molecular formula is C15H24Cl2N6OS. The minimum atomic E-state index is -0.176. The van der Waals surface area contributed by atoms with Crippen LogP contribution in [0.15, 0.2) is 11.6 Å². The fraction of sp³-hybridized carbons (Fsp3) is 0.600. The van der Waals surface area contributed by atoms with E-state index in [1.807, 2.05) is 23.9 Å². The molecule has 25 heavy (non-hydrogen) atoms. The minimum absolute atomic E-state index is 0. The van der Waals surface area contributed by atoms with Crippen molar-refractivity contribution in [2.75, 3.05) is 13.1 Å². The zero-order valence-corrected chi connectivity index (χ0v) is 16.7. The zero-order valence-electron chi connectivity index (χ0n) is 14.3. The third-order valence-electron chi connectivity index (χ3n) is 4.26. The number of amides is 1. The Bertz CT molecular complexity index is 657. The molecule has 2 N–H and O–H groups in total. The normalized spacial score (nSPS) is 15.8. The third-order valence-corrected chi connectivity index (χ3v) is 5.15. The van der Waals surface area contributed by atoms with E-state index in [0.29, 0.717) is 11.7 Å². The Labute approximate surface area is 163 Å². The average molecular weight is 407 g/mol. The van der Waals surface area contributed by atoms with Gasteiger partial charge in [0.2, 0.25) is 0 Å². The summed E-state index contributed by atoms with van der Waals surface area (Å²) in [5.74, 6) is -0.176. The summed E-state index contributed by atoms with van der Waals surface area (Å²) < 4.78 is 1.90. The van der Waals surface area contributed by atoms with Gasteiger partial charge in [-0.2, -0.15) is 0 Å². The van der Waals surface area contributed by atoms with E-state index in [-0.39, 0.29) is 36.8 Å². The van der Waals surface area contributed by atoms with E-state index in [1.165, 1.54) is 0 Å². The van der Waals surface area contributed by atoms with Crippen molar-refractivity contribution >= 4 is 42.1 Å². The van der Waals surface area contributed by atoms with Crippen LogP contribution in [0.4, 0.5) is 0 Å². The highest BCUT2D eigenvalue weighted by atomic mass is 35.5. The molecule has 0 saturated carbocycles. The van der Waals surface area contributed by atoms with Crippen LogP contribution in [0.1, 0.15) is 59.5 Å².